The molecule has 0 unspecified atom stereocenters. The molecule has 1 aliphatic heterocycles. The summed E-state index contributed by atoms with van der Waals surface area (Å²) >= 11 is 6.68. The van der Waals surface area contributed by atoms with Crippen LogP contribution in [0.2, 0.25) is 5.02 Å². The van der Waals surface area contributed by atoms with Gasteiger partial charge in [-0.3, -0.25) is 4.98 Å². The molecule has 2 fully saturated rings. The van der Waals surface area contributed by atoms with Crippen molar-refractivity contribution in [2.75, 3.05) is 20.1 Å². The largest absolute Gasteiger partial charge is 0.306 e. The summed E-state index contributed by atoms with van der Waals surface area (Å²) in [5.74, 6) is 1.13. The van der Waals surface area contributed by atoms with E-state index in [0.29, 0.717) is 17.5 Å². The topological polar surface area (TPSA) is 41.9 Å². The van der Waals surface area contributed by atoms with E-state index in [9.17, 15) is 0 Å². The van der Waals surface area contributed by atoms with Crippen molar-refractivity contribution in [3.63, 3.8) is 0 Å². The van der Waals surface area contributed by atoms with Crippen LogP contribution in [0.3, 0.4) is 0 Å². The highest BCUT2D eigenvalue weighted by Gasteiger charge is 2.25. The molecular weight excluding hydrogens is 368 g/mol. The molecule has 0 spiro atoms. The molecule has 0 bridgehead atoms. The lowest BCUT2D eigenvalue weighted by atomic mass is 9.95. The first-order valence-electron chi connectivity index (χ1n) is 10.2. The lowest BCUT2D eigenvalue weighted by Crippen LogP contribution is -2.31. The fourth-order valence-corrected chi connectivity index (χ4v) is 4.77. The molecular formula is C23H25ClN4. The summed E-state index contributed by atoms with van der Waals surface area (Å²) in [6.07, 6.45) is 6.85. The number of hydrogen-bond acceptors (Lipinski definition) is 4. The Bertz CT molecular complexity index is 1020. The summed E-state index contributed by atoms with van der Waals surface area (Å²) in [5.41, 5.74) is 7.03. The number of rotatable bonds is 3. The zero-order valence-electron chi connectivity index (χ0n) is 16.5. The Hall–Kier alpha value is -2.04. The molecule has 1 aliphatic carbocycles. The third kappa shape index (κ3) is 3.40. The smallest absolute Gasteiger partial charge is 0.179 e. The molecule has 1 saturated heterocycles. The number of hydrogen-bond donors (Lipinski definition) is 0. The number of piperidine rings is 1. The Kier molecular flexibility index (Phi) is 4.56. The molecule has 1 aromatic carbocycles. The van der Waals surface area contributed by atoms with Crippen molar-refractivity contribution < 1.29 is 0 Å². The van der Waals surface area contributed by atoms with Crippen LogP contribution in [0.5, 0.6) is 0 Å². The number of nitrogens with zero attached hydrogens (tertiary/aromatic N) is 4. The van der Waals surface area contributed by atoms with E-state index in [1.807, 2.05) is 18.3 Å². The van der Waals surface area contributed by atoms with Gasteiger partial charge in [0, 0.05) is 24.2 Å². The van der Waals surface area contributed by atoms with Gasteiger partial charge in [0.2, 0.25) is 0 Å². The van der Waals surface area contributed by atoms with Crippen molar-refractivity contribution in [3.8, 4) is 11.3 Å². The standard InChI is InChI=1S/C23H25ClN4/c1-14-10-17(15-5-6-15)11-18(24)22(14)19-7-8-20-23(26-19)27-21(12-25-20)16-4-3-9-28(2)13-16/h7-8,10-12,15-16H,3-6,9,13H2,1-2H3/t16-/m1/s1. The molecule has 3 aromatic rings. The van der Waals surface area contributed by atoms with Crippen LogP contribution in [-0.2, 0) is 0 Å². The van der Waals surface area contributed by atoms with Gasteiger partial charge in [-0.15, -0.1) is 0 Å². The molecule has 0 radical (unpaired) electrons. The van der Waals surface area contributed by atoms with Gasteiger partial charge in [0.15, 0.2) is 5.65 Å². The van der Waals surface area contributed by atoms with Crippen LogP contribution < -0.4 is 0 Å². The van der Waals surface area contributed by atoms with Crippen molar-refractivity contribution in [2.24, 2.45) is 0 Å². The van der Waals surface area contributed by atoms with E-state index in [1.165, 1.54) is 30.4 Å². The quantitative estimate of drug-likeness (QED) is 0.603. The van der Waals surface area contributed by atoms with E-state index in [1.54, 1.807) is 0 Å². The second-order valence-electron chi connectivity index (χ2n) is 8.40. The highest BCUT2D eigenvalue weighted by molar-refractivity contribution is 6.33. The van der Waals surface area contributed by atoms with Gasteiger partial charge >= 0.3 is 0 Å². The summed E-state index contributed by atoms with van der Waals surface area (Å²) in [6.45, 7) is 4.32. The lowest BCUT2D eigenvalue weighted by Gasteiger charge is -2.29. The zero-order valence-corrected chi connectivity index (χ0v) is 17.2. The number of likely N-dealkylation sites (tertiary alicyclic amines) is 1. The van der Waals surface area contributed by atoms with Crippen LogP contribution in [-0.4, -0.2) is 40.0 Å². The second kappa shape index (κ2) is 7.09. The molecule has 28 heavy (non-hydrogen) atoms. The molecule has 4 nitrogen and oxygen atoms in total. The molecule has 2 aromatic heterocycles. The number of likely N-dealkylation sites (N-methyl/N-ethyl adjacent to an activating group) is 1. The van der Waals surface area contributed by atoms with Crippen molar-refractivity contribution >= 4 is 22.8 Å². The first-order chi connectivity index (χ1) is 13.6. The van der Waals surface area contributed by atoms with Crippen LogP contribution >= 0.6 is 11.6 Å². The number of halogens is 1. The van der Waals surface area contributed by atoms with Crippen LogP contribution in [0, 0.1) is 6.92 Å². The van der Waals surface area contributed by atoms with Gasteiger partial charge in [-0.05, 0) is 81.4 Å². The average molecular weight is 393 g/mol. The van der Waals surface area contributed by atoms with E-state index in [2.05, 4.69) is 36.0 Å². The average Bonchev–Trinajstić information content (AvgIpc) is 3.52. The van der Waals surface area contributed by atoms with E-state index in [4.69, 9.17) is 21.6 Å². The fraction of sp³-hybridized carbons (Fsp3) is 0.435. The molecule has 5 heteroatoms. The van der Waals surface area contributed by atoms with Gasteiger partial charge in [-0.1, -0.05) is 17.7 Å². The van der Waals surface area contributed by atoms with Crippen molar-refractivity contribution in [1.82, 2.24) is 19.9 Å². The Morgan fingerprint density at radius 1 is 1.07 bits per heavy atom. The van der Waals surface area contributed by atoms with Gasteiger partial charge in [0.05, 0.1) is 16.4 Å². The Labute approximate surface area is 171 Å². The summed E-state index contributed by atoms with van der Waals surface area (Å²) in [5, 5.41) is 0.784. The first kappa shape index (κ1) is 18.0. The number of aryl methyl sites for hydroxylation is 1. The molecule has 2 aliphatic rings. The molecule has 1 saturated carbocycles. The van der Waals surface area contributed by atoms with Gasteiger partial charge in [-0.2, -0.15) is 0 Å². The first-order valence-corrected chi connectivity index (χ1v) is 10.6. The van der Waals surface area contributed by atoms with Crippen LogP contribution in [0.15, 0.2) is 30.5 Å². The summed E-state index contributed by atoms with van der Waals surface area (Å²) in [6, 6.07) is 8.40. The predicted molar refractivity (Wildman–Crippen MR) is 114 cm³/mol. The minimum Gasteiger partial charge on any atom is -0.306 e. The molecule has 1 atom stereocenters. The van der Waals surface area contributed by atoms with Crippen molar-refractivity contribution in [3.05, 3.63) is 52.3 Å². The Morgan fingerprint density at radius 2 is 1.93 bits per heavy atom. The molecule has 144 valence electrons. The van der Waals surface area contributed by atoms with Crippen LogP contribution in [0.4, 0.5) is 0 Å². The van der Waals surface area contributed by atoms with Crippen LogP contribution in [0.25, 0.3) is 22.4 Å². The van der Waals surface area contributed by atoms with Crippen molar-refractivity contribution in [2.45, 2.75) is 44.4 Å². The SMILES string of the molecule is Cc1cc(C2CC2)cc(Cl)c1-c1ccc2ncc([C@@H]3CCCN(C)C3)nc2n1. The number of fused-ring (bicyclic) bond motifs is 1. The van der Waals surface area contributed by atoms with Gasteiger partial charge in [0.25, 0.3) is 0 Å². The lowest BCUT2D eigenvalue weighted by molar-refractivity contribution is 0.248. The third-order valence-corrected chi connectivity index (χ3v) is 6.38. The van der Waals surface area contributed by atoms with Gasteiger partial charge < -0.3 is 4.90 Å². The van der Waals surface area contributed by atoms with E-state index in [-0.39, 0.29) is 0 Å². The Balaban J connectivity index is 1.54. The van der Waals surface area contributed by atoms with E-state index < -0.39 is 0 Å². The number of benzene rings is 1. The minimum absolute atomic E-state index is 0.434. The predicted octanol–water partition coefficient (Wildman–Crippen LogP) is 5.34. The summed E-state index contributed by atoms with van der Waals surface area (Å²) in [4.78, 5) is 16.8. The number of aromatic nitrogens is 3. The maximum atomic E-state index is 6.68. The molecule has 0 N–H and O–H groups in total. The fourth-order valence-electron chi connectivity index (χ4n) is 4.40. The highest BCUT2D eigenvalue weighted by Crippen LogP contribution is 2.43. The molecule has 5 rings (SSSR count). The Morgan fingerprint density at radius 3 is 2.68 bits per heavy atom. The maximum Gasteiger partial charge on any atom is 0.179 e. The molecule has 0 amide bonds. The monoisotopic (exact) mass is 392 g/mol. The third-order valence-electron chi connectivity index (χ3n) is 6.08. The van der Waals surface area contributed by atoms with Gasteiger partial charge in [0.1, 0.15) is 5.52 Å². The zero-order chi connectivity index (χ0) is 19.3. The minimum atomic E-state index is 0.434. The highest BCUT2D eigenvalue weighted by atomic mass is 35.5. The number of pyridine rings is 1. The normalized spacial score (nSPS) is 20.6. The van der Waals surface area contributed by atoms with E-state index >= 15 is 0 Å². The van der Waals surface area contributed by atoms with Gasteiger partial charge in [-0.25, -0.2) is 9.97 Å². The van der Waals surface area contributed by atoms with E-state index in [0.717, 1.165) is 47.0 Å². The second-order valence-corrected chi connectivity index (χ2v) is 8.81. The summed E-state index contributed by atoms with van der Waals surface area (Å²) in [7, 11) is 2.17. The maximum absolute atomic E-state index is 6.68. The summed E-state index contributed by atoms with van der Waals surface area (Å²) < 4.78 is 0. The van der Waals surface area contributed by atoms with Crippen LogP contribution in [0.1, 0.15) is 54.3 Å². The van der Waals surface area contributed by atoms with Crippen molar-refractivity contribution in [1.29, 1.82) is 0 Å². The molecule has 3 heterocycles.